The maximum Gasteiger partial charge on any atom is 0.0621 e. The predicted molar refractivity (Wildman–Crippen MR) is 57.3 cm³/mol. The topological polar surface area (TPSA) is 12.5 Å². The second-order valence-electron chi connectivity index (χ2n) is 4.00. The van der Waals surface area contributed by atoms with Crippen LogP contribution in [-0.4, -0.2) is 31.7 Å². The minimum absolute atomic E-state index is 0.537. The van der Waals surface area contributed by atoms with Gasteiger partial charge >= 0.3 is 0 Å². The van der Waals surface area contributed by atoms with Gasteiger partial charge in [-0.1, -0.05) is 24.3 Å². The Morgan fingerprint density at radius 2 is 2.07 bits per heavy atom. The van der Waals surface area contributed by atoms with E-state index in [0.717, 1.165) is 19.6 Å². The molecule has 2 nitrogen and oxygen atoms in total. The van der Waals surface area contributed by atoms with E-state index in [1.807, 2.05) is 0 Å². The Morgan fingerprint density at radius 1 is 1.36 bits per heavy atom. The molecule has 2 rings (SSSR count). The molecule has 0 aromatic heterocycles. The monoisotopic (exact) mass is 191 g/mol. The maximum absolute atomic E-state index is 5.23. The quantitative estimate of drug-likeness (QED) is 0.705. The number of benzene rings is 1. The van der Waals surface area contributed by atoms with Crippen LogP contribution in [0.15, 0.2) is 24.3 Å². The van der Waals surface area contributed by atoms with Gasteiger partial charge < -0.3 is 4.74 Å². The average molecular weight is 191 g/mol. The Bertz CT molecular complexity index is 311. The van der Waals surface area contributed by atoms with Crippen LogP contribution in [0.4, 0.5) is 0 Å². The Kier molecular flexibility index (Phi) is 2.85. The smallest absolute Gasteiger partial charge is 0.0621 e. The Balaban J connectivity index is 2.18. The fraction of sp³-hybridized carbons (Fsp3) is 0.500. The third kappa shape index (κ3) is 1.81. The molecule has 1 heterocycles. The number of ether oxygens (including phenoxy) is 1. The van der Waals surface area contributed by atoms with Gasteiger partial charge in [-0.3, -0.25) is 4.90 Å². The van der Waals surface area contributed by atoms with Gasteiger partial charge in [0.1, 0.15) is 0 Å². The first-order valence-electron chi connectivity index (χ1n) is 5.07. The minimum atomic E-state index is 0.537. The maximum atomic E-state index is 5.23. The zero-order chi connectivity index (χ0) is 9.97. The lowest BCUT2D eigenvalue weighted by molar-refractivity contribution is 0.0952. The van der Waals surface area contributed by atoms with Gasteiger partial charge in [-0.2, -0.15) is 0 Å². The van der Waals surface area contributed by atoms with Gasteiger partial charge in [0.25, 0.3) is 0 Å². The second kappa shape index (κ2) is 4.11. The van der Waals surface area contributed by atoms with Crippen LogP contribution in [0.5, 0.6) is 0 Å². The highest BCUT2D eigenvalue weighted by atomic mass is 16.5. The molecule has 0 saturated heterocycles. The van der Waals surface area contributed by atoms with Crippen molar-refractivity contribution in [2.75, 3.05) is 20.8 Å². The standard InChI is InChI=1S/C12H17NO/c1-13-8-11-6-4-3-5-10(11)7-12(13)9-14-2/h3-6,12H,7-9H2,1-2H3. The zero-order valence-electron chi connectivity index (χ0n) is 8.86. The number of rotatable bonds is 2. The highest BCUT2D eigenvalue weighted by molar-refractivity contribution is 5.29. The zero-order valence-corrected chi connectivity index (χ0v) is 8.86. The van der Waals surface area contributed by atoms with Crippen molar-refractivity contribution in [3.8, 4) is 0 Å². The van der Waals surface area contributed by atoms with Gasteiger partial charge in [-0.05, 0) is 24.6 Å². The van der Waals surface area contributed by atoms with Crippen LogP contribution in [0.1, 0.15) is 11.1 Å². The van der Waals surface area contributed by atoms with Gasteiger partial charge in [0, 0.05) is 19.7 Å². The highest BCUT2D eigenvalue weighted by Gasteiger charge is 2.22. The van der Waals surface area contributed by atoms with Crippen molar-refractivity contribution in [2.45, 2.75) is 19.0 Å². The molecule has 76 valence electrons. The van der Waals surface area contributed by atoms with Crippen LogP contribution in [0.3, 0.4) is 0 Å². The molecule has 0 radical (unpaired) electrons. The van der Waals surface area contributed by atoms with Crippen LogP contribution < -0.4 is 0 Å². The SMILES string of the molecule is COCC1Cc2ccccc2CN1C. The van der Waals surface area contributed by atoms with Crippen LogP contribution in [0.25, 0.3) is 0 Å². The van der Waals surface area contributed by atoms with Gasteiger partial charge in [0.2, 0.25) is 0 Å². The Morgan fingerprint density at radius 3 is 2.79 bits per heavy atom. The summed E-state index contributed by atoms with van der Waals surface area (Å²) in [6, 6.07) is 9.21. The number of hydrogen-bond acceptors (Lipinski definition) is 2. The Labute approximate surface area is 85.5 Å². The van der Waals surface area contributed by atoms with Gasteiger partial charge in [0.05, 0.1) is 6.61 Å². The summed E-state index contributed by atoms with van der Waals surface area (Å²) in [6.07, 6.45) is 1.11. The van der Waals surface area contributed by atoms with Gasteiger partial charge in [0.15, 0.2) is 0 Å². The molecule has 0 saturated carbocycles. The van der Waals surface area contributed by atoms with Crippen molar-refractivity contribution < 1.29 is 4.74 Å². The molecule has 1 aromatic carbocycles. The molecular weight excluding hydrogens is 174 g/mol. The van der Waals surface area contributed by atoms with Crippen molar-refractivity contribution in [2.24, 2.45) is 0 Å². The third-order valence-electron chi connectivity index (χ3n) is 2.98. The predicted octanol–water partition coefficient (Wildman–Crippen LogP) is 1.69. The van der Waals surface area contributed by atoms with E-state index in [4.69, 9.17) is 4.74 Å². The van der Waals surface area contributed by atoms with Crippen LogP contribution in [0, 0.1) is 0 Å². The molecule has 0 N–H and O–H groups in total. The van der Waals surface area contributed by atoms with Crippen molar-refractivity contribution in [3.63, 3.8) is 0 Å². The molecule has 1 aliphatic rings. The molecule has 1 aliphatic heterocycles. The normalized spacial score (nSPS) is 22.0. The van der Waals surface area contributed by atoms with Gasteiger partial charge in [-0.25, -0.2) is 0 Å². The Hall–Kier alpha value is -0.860. The lowest BCUT2D eigenvalue weighted by Gasteiger charge is -2.33. The lowest BCUT2D eigenvalue weighted by Crippen LogP contribution is -2.40. The van der Waals surface area contributed by atoms with E-state index in [-0.39, 0.29) is 0 Å². The molecule has 1 atom stereocenters. The summed E-state index contributed by atoms with van der Waals surface area (Å²) in [5.74, 6) is 0. The highest BCUT2D eigenvalue weighted by Crippen LogP contribution is 2.21. The largest absolute Gasteiger partial charge is 0.383 e. The number of methoxy groups -OCH3 is 1. The molecule has 0 aliphatic carbocycles. The summed E-state index contributed by atoms with van der Waals surface area (Å²) in [5, 5.41) is 0. The van der Waals surface area contributed by atoms with E-state index >= 15 is 0 Å². The number of likely N-dealkylation sites (N-methyl/N-ethyl adjacent to an activating group) is 1. The summed E-state index contributed by atoms with van der Waals surface area (Å²) in [7, 11) is 3.94. The molecule has 1 unspecified atom stereocenters. The number of hydrogen-bond donors (Lipinski definition) is 0. The number of nitrogens with zero attached hydrogens (tertiary/aromatic N) is 1. The summed E-state index contributed by atoms with van der Waals surface area (Å²) in [6.45, 7) is 1.87. The molecule has 0 fully saturated rings. The average Bonchev–Trinajstić information content (AvgIpc) is 2.19. The van der Waals surface area contributed by atoms with E-state index in [9.17, 15) is 0 Å². The molecule has 2 heteroatoms. The molecule has 0 amide bonds. The first-order valence-corrected chi connectivity index (χ1v) is 5.07. The molecule has 0 bridgehead atoms. The molecule has 14 heavy (non-hydrogen) atoms. The molecule has 0 spiro atoms. The number of fused-ring (bicyclic) bond motifs is 1. The van der Waals surface area contributed by atoms with Crippen molar-refractivity contribution in [3.05, 3.63) is 35.4 Å². The molecule has 1 aromatic rings. The third-order valence-corrected chi connectivity index (χ3v) is 2.98. The van der Waals surface area contributed by atoms with Crippen LogP contribution >= 0.6 is 0 Å². The summed E-state index contributed by atoms with van der Waals surface area (Å²) >= 11 is 0. The van der Waals surface area contributed by atoms with E-state index in [1.54, 1.807) is 7.11 Å². The van der Waals surface area contributed by atoms with E-state index in [1.165, 1.54) is 11.1 Å². The summed E-state index contributed by atoms with van der Waals surface area (Å²) in [4.78, 5) is 2.37. The first-order chi connectivity index (χ1) is 6.81. The summed E-state index contributed by atoms with van der Waals surface area (Å²) < 4.78 is 5.23. The fourth-order valence-corrected chi connectivity index (χ4v) is 2.10. The van der Waals surface area contributed by atoms with Gasteiger partial charge in [-0.15, -0.1) is 0 Å². The van der Waals surface area contributed by atoms with E-state index < -0.39 is 0 Å². The van der Waals surface area contributed by atoms with E-state index in [0.29, 0.717) is 6.04 Å². The van der Waals surface area contributed by atoms with Crippen molar-refractivity contribution in [1.29, 1.82) is 0 Å². The minimum Gasteiger partial charge on any atom is -0.383 e. The lowest BCUT2D eigenvalue weighted by atomic mass is 9.95. The van der Waals surface area contributed by atoms with Crippen LogP contribution in [-0.2, 0) is 17.7 Å². The second-order valence-corrected chi connectivity index (χ2v) is 4.00. The van der Waals surface area contributed by atoms with Crippen molar-refractivity contribution in [1.82, 2.24) is 4.90 Å². The fourth-order valence-electron chi connectivity index (χ4n) is 2.10. The van der Waals surface area contributed by atoms with Crippen molar-refractivity contribution >= 4 is 0 Å². The molecular formula is C12H17NO. The van der Waals surface area contributed by atoms with E-state index in [2.05, 4.69) is 36.2 Å². The first kappa shape index (κ1) is 9.69. The van der Waals surface area contributed by atoms with Crippen LogP contribution in [0.2, 0.25) is 0 Å². The summed E-state index contributed by atoms with van der Waals surface area (Å²) in [5.41, 5.74) is 2.94.